The molecule has 2 aliphatic heterocycles. The van der Waals surface area contributed by atoms with Crippen LogP contribution < -0.4 is 10.6 Å². The molecule has 10 nitrogen and oxygen atoms in total. The second-order valence-electron chi connectivity index (χ2n) is 10.7. The van der Waals surface area contributed by atoms with Crippen molar-refractivity contribution in [1.29, 1.82) is 0 Å². The molecule has 3 aromatic heterocycles. The minimum Gasteiger partial charge on any atom is -0.377 e. The monoisotopic (exact) mass is 592 g/mol. The number of hydrogen-bond acceptors (Lipinski definition) is 8. The summed E-state index contributed by atoms with van der Waals surface area (Å²) in [7, 11) is 0. The predicted molar refractivity (Wildman–Crippen MR) is 142 cm³/mol. The van der Waals surface area contributed by atoms with Crippen LogP contribution in [-0.2, 0) is 4.74 Å². The molecule has 0 unspecified atom stereocenters. The number of thioether (sulfide) groups is 1. The molecule has 5 heterocycles. The Morgan fingerprint density at radius 1 is 1.29 bits per heavy atom. The number of rotatable bonds is 7. The normalized spacial score (nSPS) is 22.6. The van der Waals surface area contributed by atoms with Crippen LogP contribution in [0.15, 0.2) is 29.8 Å². The molecular formula is C26H28F4N8O2S. The predicted octanol–water partition coefficient (Wildman–Crippen LogP) is 3.27. The van der Waals surface area contributed by atoms with Gasteiger partial charge in [0.05, 0.1) is 49.1 Å². The van der Waals surface area contributed by atoms with E-state index in [1.807, 2.05) is 6.92 Å². The summed E-state index contributed by atoms with van der Waals surface area (Å²) in [4.78, 5) is 23.1. The van der Waals surface area contributed by atoms with Crippen molar-refractivity contribution in [3.63, 3.8) is 0 Å². The Morgan fingerprint density at radius 3 is 2.78 bits per heavy atom. The third-order valence-corrected chi connectivity index (χ3v) is 8.31. The lowest BCUT2D eigenvalue weighted by Gasteiger charge is -2.50. The van der Waals surface area contributed by atoms with Gasteiger partial charge in [-0.15, -0.1) is 0 Å². The number of anilines is 1. The first-order chi connectivity index (χ1) is 19.6. The van der Waals surface area contributed by atoms with E-state index in [-0.39, 0.29) is 58.5 Å². The quantitative estimate of drug-likeness (QED) is 0.245. The number of fused-ring (bicyclic) bond motifs is 1. The molecule has 3 fully saturated rings. The zero-order chi connectivity index (χ0) is 28.8. The summed E-state index contributed by atoms with van der Waals surface area (Å²) in [6.07, 6.45) is 7.15. The molecule has 3 aromatic rings. The van der Waals surface area contributed by atoms with Gasteiger partial charge in [-0.05, 0) is 32.1 Å². The number of likely N-dealkylation sites (tertiary alicyclic amines) is 1. The first kappa shape index (κ1) is 27.8. The van der Waals surface area contributed by atoms with Crippen molar-refractivity contribution in [3.8, 4) is 11.8 Å². The van der Waals surface area contributed by atoms with Crippen LogP contribution in [-0.4, -0.2) is 91.1 Å². The lowest BCUT2D eigenvalue weighted by atomic mass is 9.92. The number of imidazole rings is 1. The topological polar surface area (TPSA) is 102 Å². The highest BCUT2D eigenvalue weighted by atomic mass is 32.2. The molecule has 41 heavy (non-hydrogen) atoms. The highest BCUT2D eigenvalue weighted by molar-refractivity contribution is 8.00. The van der Waals surface area contributed by atoms with Crippen molar-refractivity contribution in [1.82, 2.24) is 34.4 Å². The smallest absolute Gasteiger partial charge is 0.377 e. The van der Waals surface area contributed by atoms with Crippen LogP contribution >= 0.6 is 11.8 Å². The van der Waals surface area contributed by atoms with E-state index in [2.05, 4.69) is 42.4 Å². The molecule has 1 saturated carbocycles. The zero-order valence-corrected chi connectivity index (χ0v) is 22.9. The van der Waals surface area contributed by atoms with Crippen LogP contribution in [0.5, 0.6) is 0 Å². The summed E-state index contributed by atoms with van der Waals surface area (Å²) in [5.41, 5.74) is -4.41. The fraction of sp³-hybridized carbons (Fsp3) is 0.538. The number of carbonyl (C=O) groups is 1. The highest BCUT2D eigenvalue weighted by Gasteiger charge is 2.44. The molecule has 1 amide bonds. The Hall–Kier alpha value is -3.35. The molecule has 0 bridgehead atoms. The number of amides is 1. The van der Waals surface area contributed by atoms with Gasteiger partial charge >= 0.3 is 5.51 Å². The molecule has 0 aromatic carbocycles. The highest BCUT2D eigenvalue weighted by Crippen LogP contribution is 2.39. The number of hydrogen-bond donors (Lipinski definition) is 2. The number of ether oxygens (including phenoxy) is 1. The van der Waals surface area contributed by atoms with E-state index in [1.165, 1.54) is 23.0 Å². The van der Waals surface area contributed by atoms with Crippen molar-refractivity contribution in [3.05, 3.63) is 36.0 Å². The average Bonchev–Trinajstić information content (AvgIpc) is 3.54. The zero-order valence-electron chi connectivity index (χ0n) is 22.1. The Morgan fingerprint density at radius 2 is 2.10 bits per heavy atom. The average molecular weight is 593 g/mol. The standard InChI is InChI=1S/C26H28F4N8O2S/c1-25(14-40-15-25)36-9-6-19(18(27)13-36)34-21-22-35-20(24(41-26(28,29)30)37(22)10-8-31-21)3-2-7-32-23(39)16-11-33-38(12-16)17-4-5-17/h8,10-12,17-19H,4-7,9,13-15H2,1H3,(H,31,34)(H,32,39)/t18-,19+/m0/s1. The third kappa shape index (κ3) is 6.00. The molecule has 2 N–H and O–H groups in total. The van der Waals surface area contributed by atoms with Crippen molar-refractivity contribution in [2.75, 3.05) is 38.2 Å². The van der Waals surface area contributed by atoms with E-state index < -0.39 is 17.7 Å². The lowest BCUT2D eigenvalue weighted by Crippen LogP contribution is -2.64. The van der Waals surface area contributed by atoms with Crippen molar-refractivity contribution in [2.45, 2.75) is 60.5 Å². The Balaban J connectivity index is 1.18. The molecule has 218 valence electrons. The fourth-order valence-corrected chi connectivity index (χ4v) is 5.67. The van der Waals surface area contributed by atoms with Gasteiger partial charge in [0.25, 0.3) is 5.91 Å². The Bertz CT molecular complexity index is 1500. The Kier molecular flexibility index (Phi) is 7.33. The number of aromatic nitrogens is 5. The van der Waals surface area contributed by atoms with Gasteiger partial charge in [0.2, 0.25) is 0 Å². The number of alkyl halides is 4. The van der Waals surface area contributed by atoms with Gasteiger partial charge in [-0.25, -0.2) is 14.4 Å². The summed E-state index contributed by atoms with van der Waals surface area (Å²) in [6.45, 7) is 3.92. The van der Waals surface area contributed by atoms with E-state index in [0.717, 1.165) is 12.8 Å². The van der Waals surface area contributed by atoms with Crippen LogP contribution in [0.4, 0.5) is 23.4 Å². The van der Waals surface area contributed by atoms with E-state index in [4.69, 9.17) is 4.74 Å². The molecule has 3 aliphatic rings. The maximum Gasteiger partial charge on any atom is 0.447 e. The fourth-order valence-electron chi connectivity index (χ4n) is 5.01. The number of halogens is 4. The maximum atomic E-state index is 15.2. The van der Waals surface area contributed by atoms with Crippen LogP contribution in [0.2, 0.25) is 0 Å². The second kappa shape index (κ2) is 10.8. The first-order valence-electron chi connectivity index (χ1n) is 13.3. The Labute approximate surface area is 237 Å². The number of nitrogens with zero attached hydrogens (tertiary/aromatic N) is 6. The number of piperidine rings is 1. The summed E-state index contributed by atoms with van der Waals surface area (Å²) < 4.78 is 63.9. The summed E-state index contributed by atoms with van der Waals surface area (Å²) in [5, 5.41) is 9.63. The lowest BCUT2D eigenvalue weighted by molar-refractivity contribution is -0.142. The molecule has 0 spiro atoms. The molecule has 0 radical (unpaired) electrons. The van der Waals surface area contributed by atoms with Gasteiger partial charge in [0.1, 0.15) is 16.9 Å². The van der Waals surface area contributed by atoms with Gasteiger partial charge in [-0.2, -0.15) is 18.3 Å². The van der Waals surface area contributed by atoms with Gasteiger partial charge in [0, 0.05) is 43.4 Å². The third-order valence-electron chi connectivity index (χ3n) is 7.49. The van der Waals surface area contributed by atoms with Gasteiger partial charge in [0.15, 0.2) is 11.5 Å². The van der Waals surface area contributed by atoms with Gasteiger partial charge < -0.3 is 15.4 Å². The maximum absolute atomic E-state index is 15.2. The van der Waals surface area contributed by atoms with Crippen LogP contribution in [0, 0.1) is 11.8 Å². The van der Waals surface area contributed by atoms with E-state index >= 15 is 4.39 Å². The summed E-state index contributed by atoms with van der Waals surface area (Å²) in [6, 6.07) is -0.252. The van der Waals surface area contributed by atoms with Gasteiger partial charge in [-0.3, -0.25) is 18.8 Å². The second-order valence-corrected chi connectivity index (χ2v) is 11.8. The number of carbonyl (C=O) groups excluding carboxylic acids is 1. The van der Waals surface area contributed by atoms with Crippen LogP contribution in [0.3, 0.4) is 0 Å². The molecule has 6 rings (SSSR count). The van der Waals surface area contributed by atoms with E-state index in [9.17, 15) is 18.0 Å². The molecule has 2 saturated heterocycles. The van der Waals surface area contributed by atoms with Crippen LogP contribution in [0.1, 0.15) is 48.3 Å². The van der Waals surface area contributed by atoms with Gasteiger partial charge in [-0.1, -0.05) is 5.92 Å². The van der Waals surface area contributed by atoms with Crippen molar-refractivity contribution >= 4 is 29.1 Å². The first-order valence-corrected chi connectivity index (χ1v) is 14.1. The largest absolute Gasteiger partial charge is 0.447 e. The molecule has 2 atom stereocenters. The van der Waals surface area contributed by atoms with E-state index in [0.29, 0.717) is 37.8 Å². The molecule has 15 heteroatoms. The SMILES string of the molecule is CC1(N2CC[C@@H](Nc3nccn4c(SC(F)(F)F)c(C#CCNC(=O)c5cnn(C6CC6)c5)nc34)[C@@H](F)C2)COC1. The van der Waals surface area contributed by atoms with E-state index in [1.54, 1.807) is 10.9 Å². The summed E-state index contributed by atoms with van der Waals surface area (Å²) >= 11 is -0.345. The minimum absolute atomic E-state index is 0.104. The minimum atomic E-state index is -4.60. The van der Waals surface area contributed by atoms with Crippen molar-refractivity contribution < 1.29 is 27.1 Å². The van der Waals surface area contributed by atoms with Crippen LogP contribution in [0.25, 0.3) is 5.65 Å². The number of nitrogens with one attached hydrogen (secondary N) is 2. The molecular weight excluding hydrogens is 564 g/mol. The molecule has 1 aliphatic carbocycles. The van der Waals surface area contributed by atoms with Crippen molar-refractivity contribution in [2.24, 2.45) is 0 Å². The summed E-state index contributed by atoms with van der Waals surface area (Å²) in [5.74, 6) is 5.13.